The molecule has 2 N–H and O–H groups in total. The molecule has 24 heavy (non-hydrogen) atoms. The van der Waals surface area contributed by atoms with E-state index in [1.54, 1.807) is 24.9 Å². The number of rotatable bonds is 11. The van der Waals surface area contributed by atoms with Crippen LogP contribution in [0.3, 0.4) is 0 Å². The van der Waals surface area contributed by atoms with Crippen molar-refractivity contribution in [2.75, 3.05) is 46.3 Å². The van der Waals surface area contributed by atoms with Gasteiger partial charge in [0.1, 0.15) is 5.82 Å². The number of nitrogens with zero attached hydrogens (tertiary/aromatic N) is 1. The van der Waals surface area contributed by atoms with Crippen LogP contribution in [0.2, 0.25) is 0 Å². The summed E-state index contributed by atoms with van der Waals surface area (Å²) in [4.78, 5) is 4.57. The van der Waals surface area contributed by atoms with Crippen molar-refractivity contribution in [2.24, 2.45) is 4.99 Å². The second-order valence-electron chi connectivity index (χ2n) is 5.07. The lowest BCUT2D eigenvalue weighted by Gasteiger charge is -2.12. The van der Waals surface area contributed by atoms with Crippen molar-refractivity contribution in [3.05, 3.63) is 35.1 Å². The first kappa shape index (κ1) is 20.7. The van der Waals surface area contributed by atoms with Crippen molar-refractivity contribution in [3.8, 4) is 0 Å². The number of benzene rings is 1. The quantitative estimate of drug-likeness (QED) is 0.362. The number of thioether (sulfide) groups is 1. The Morgan fingerprint density at radius 3 is 2.75 bits per heavy atom. The molecule has 7 heteroatoms. The summed E-state index contributed by atoms with van der Waals surface area (Å²) in [6.45, 7) is 5.73. The first-order valence-electron chi connectivity index (χ1n) is 8.06. The average Bonchev–Trinajstić information content (AvgIpc) is 2.57. The van der Waals surface area contributed by atoms with Crippen LogP contribution in [-0.4, -0.2) is 52.2 Å². The summed E-state index contributed by atoms with van der Waals surface area (Å²) < 4.78 is 23.7. The van der Waals surface area contributed by atoms with Gasteiger partial charge in [0, 0.05) is 26.0 Å². The Balaban J connectivity index is 2.55. The van der Waals surface area contributed by atoms with Gasteiger partial charge in [0.25, 0.3) is 0 Å². The second-order valence-corrected chi connectivity index (χ2v) is 5.94. The Morgan fingerprint density at radius 1 is 1.21 bits per heavy atom. The molecule has 136 valence electrons. The fourth-order valence-corrected chi connectivity index (χ4v) is 2.61. The first-order valence-corrected chi connectivity index (χ1v) is 9.45. The van der Waals surface area contributed by atoms with Crippen LogP contribution in [0.15, 0.2) is 23.2 Å². The minimum Gasteiger partial charge on any atom is -0.382 e. The van der Waals surface area contributed by atoms with E-state index in [4.69, 9.17) is 9.47 Å². The van der Waals surface area contributed by atoms with Gasteiger partial charge in [0.05, 0.1) is 26.4 Å². The summed E-state index contributed by atoms with van der Waals surface area (Å²) in [5, 5.41) is 6.42. The summed E-state index contributed by atoms with van der Waals surface area (Å²) >= 11 is 1.67. The first-order chi connectivity index (χ1) is 11.7. The zero-order valence-corrected chi connectivity index (χ0v) is 15.5. The van der Waals surface area contributed by atoms with Crippen molar-refractivity contribution in [2.45, 2.75) is 19.2 Å². The third-order valence-corrected chi connectivity index (χ3v) is 3.79. The topological polar surface area (TPSA) is 54.9 Å². The van der Waals surface area contributed by atoms with Crippen LogP contribution in [0.1, 0.15) is 18.1 Å². The van der Waals surface area contributed by atoms with Gasteiger partial charge >= 0.3 is 0 Å². The molecule has 0 aliphatic carbocycles. The van der Waals surface area contributed by atoms with E-state index in [0.717, 1.165) is 29.4 Å². The molecule has 0 aliphatic heterocycles. The largest absolute Gasteiger partial charge is 0.382 e. The van der Waals surface area contributed by atoms with E-state index in [0.29, 0.717) is 32.9 Å². The summed E-state index contributed by atoms with van der Waals surface area (Å²) in [5.41, 5.74) is 2.03. The van der Waals surface area contributed by atoms with Crippen LogP contribution in [-0.2, 0) is 21.8 Å². The SMILES string of the molecule is CCNC(=NCc1ccc(F)cc1CSC)NCCOCCOC. The highest BCUT2D eigenvalue weighted by Gasteiger charge is 2.04. The Morgan fingerprint density at radius 2 is 2.04 bits per heavy atom. The molecule has 0 amide bonds. The highest BCUT2D eigenvalue weighted by molar-refractivity contribution is 7.97. The van der Waals surface area contributed by atoms with Crippen molar-refractivity contribution >= 4 is 17.7 Å². The van der Waals surface area contributed by atoms with Gasteiger partial charge in [-0.15, -0.1) is 0 Å². The molecule has 0 aliphatic rings. The molecule has 0 spiro atoms. The van der Waals surface area contributed by atoms with Gasteiger partial charge in [-0.05, 0) is 36.4 Å². The van der Waals surface area contributed by atoms with Gasteiger partial charge in [-0.2, -0.15) is 11.8 Å². The van der Waals surface area contributed by atoms with Crippen molar-refractivity contribution in [3.63, 3.8) is 0 Å². The Kier molecular flexibility index (Phi) is 11.3. The Hall–Kier alpha value is -1.31. The lowest BCUT2D eigenvalue weighted by Crippen LogP contribution is -2.39. The van der Waals surface area contributed by atoms with Crippen LogP contribution in [0.25, 0.3) is 0 Å². The fourth-order valence-electron chi connectivity index (χ4n) is 2.03. The minimum atomic E-state index is -0.204. The fraction of sp³-hybridized carbons (Fsp3) is 0.588. The molecule has 0 radical (unpaired) electrons. The number of hydrogen-bond donors (Lipinski definition) is 2. The zero-order chi connectivity index (χ0) is 17.6. The van der Waals surface area contributed by atoms with Gasteiger partial charge < -0.3 is 20.1 Å². The smallest absolute Gasteiger partial charge is 0.191 e. The van der Waals surface area contributed by atoms with Crippen molar-refractivity contribution in [1.82, 2.24) is 10.6 Å². The van der Waals surface area contributed by atoms with Crippen LogP contribution in [0.4, 0.5) is 4.39 Å². The molecule has 0 heterocycles. The summed E-state index contributed by atoms with van der Waals surface area (Å²) in [5.74, 6) is 1.30. The number of ether oxygens (including phenoxy) is 2. The monoisotopic (exact) mass is 357 g/mol. The maximum Gasteiger partial charge on any atom is 0.191 e. The molecular formula is C17H28FN3O2S. The third kappa shape index (κ3) is 8.52. The number of halogens is 1. The minimum absolute atomic E-state index is 0.204. The molecule has 0 saturated carbocycles. The van der Waals surface area contributed by atoms with Gasteiger partial charge in [-0.3, -0.25) is 0 Å². The Labute approximate surface area is 148 Å². The third-order valence-electron chi connectivity index (χ3n) is 3.19. The maximum atomic E-state index is 13.4. The van der Waals surface area contributed by atoms with E-state index in [2.05, 4.69) is 15.6 Å². The van der Waals surface area contributed by atoms with E-state index >= 15 is 0 Å². The molecule has 0 bridgehead atoms. The predicted octanol–water partition coefficient (Wildman–Crippen LogP) is 2.41. The number of aliphatic imine (C=N–C) groups is 1. The van der Waals surface area contributed by atoms with Crippen molar-refractivity contribution in [1.29, 1.82) is 0 Å². The van der Waals surface area contributed by atoms with Gasteiger partial charge in [0.2, 0.25) is 0 Å². The van der Waals surface area contributed by atoms with Gasteiger partial charge in [-0.25, -0.2) is 9.38 Å². The van der Waals surface area contributed by atoms with E-state index in [9.17, 15) is 4.39 Å². The highest BCUT2D eigenvalue weighted by atomic mass is 32.2. The normalized spacial score (nSPS) is 11.6. The molecule has 1 rings (SSSR count). The molecule has 0 aromatic heterocycles. The summed E-state index contributed by atoms with van der Waals surface area (Å²) in [6, 6.07) is 4.88. The highest BCUT2D eigenvalue weighted by Crippen LogP contribution is 2.17. The molecule has 1 aromatic carbocycles. The molecular weight excluding hydrogens is 329 g/mol. The molecule has 0 saturated heterocycles. The average molecular weight is 357 g/mol. The van der Waals surface area contributed by atoms with E-state index in [-0.39, 0.29) is 5.82 Å². The standard InChI is InChI=1S/C17H28FN3O2S/c1-4-19-17(20-7-8-23-10-9-22-2)21-12-14-5-6-16(18)11-15(14)13-24-3/h5-6,11H,4,7-10,12-13H2,1-3H3,(H2,19,20,21). The maximum absolute atomic E-state index is 13.4. The number of hydrogen-bond acceptors (Lipinski definition) is 4. The van der Waals surface area contributed by atoms with Gasteiger partial charge in [-0.1, -0.05) is 6.07 Å². The lowest BCUT2D eigenvalue weighted by atomic mass is 10.1. The van der Waals surface area contributed by atoms with E-state index in [1.807, 2.05) is 19.2 Å². The van der Waals surface area contributed by atoms with Gasteiger partial charge in [0.15, 0.2) is 5.96 Å². The molecule has 1 aromatic rings. The lowest BCUT2D eigenvalue weighted by molar-refractivity contribution is 0.0733. The number of guanidine groups is 1. The molecule has 5 nitrogen and oxygen atoms in total. The van der Waals surface area contributed by atoms with Crippen LogP contribution in [0.5, 0.6) is 0 Å². The molecule has 0 fully saturated rings. The van der Waals surface area contributed by atoms with Crippen LogP contribution >= 0.6 is 11.8 Å². The number of methoxy groups -OCH3 is 1. The molecule has 0 atom stereocenters. The summed E-state index contributed by atoms with van der Waals surface area (Å²) in [6.07, 6.45) is 2.01. The second kappa shape index (κ2) is 13.0. The van der Waals surface area contributed by atoms with Crippen LogP contribution < -0.4 is 10.6 Å². The Bertz CT molecular complexity index is 501. The molecule has 0 unspecified atom stereocenters. The van der Waals surface area contributed by atoms with E-state index in [1.165, 1.54) is 6.07 Å². The van der Waals surface area contributed by atoms with Crippen LogP contribution in [0, 0.1) is 5.82 Å². The zero-order valence-electron chi connectivity index (χ0n) is 14.7. The predicted molar refractivity (Wildman–Crippen MR) is 99.1 cm³/mol. The number of nitrogens with one attached hydrogen (secondary N) is 2. The van der Waals surface area contributed by atoms with Crippen molar-refractivity contribution < 1.29 is 13.9 Å². The summed E-state index contributed by atoms with van der Waals surface area (Å²) in [7, 11) is 1.65. The van der Waals surface area contributed by atoms with E-state index < -0.39 is 0 Å².